The Labute approximate surface area is 166 Å². The molecule has 1 aliphatic heterocycles. The van der Waals surface area contributed by atoms with E-state index in [0.29, 0.717) is 5.95 Å². The summed E-state index contributed by atoms with van der Waals surface area (Å²) in [6.07, 6.45) is 7.47. The summed E-state index contributed by atoms with van der Waals surface area (Å²) in [7, 11) is 1.67. The molecule has 1 fully saturated rings. The molecule has 1 aromatic heterocycles. The lowest BCUT2D eigenvalue weighted by atomic mass is 10.1. The molecule has 4 rings (SSSR count). The van der Waals surface area contributed by atoms with Gasteiger partial charge in [-0.15, -0.1) is 0 Å². The Kier molecular flexibility index (Phi) is 5.83. The molecule has 5 nitrogen and oxygen atoms in total. The Hall–Kier alpha value is -2.92. The standard InChI is InChI=1S/C23H26N4O/c1-28-22-10-6-19(7-11-22)20-16-24-23(25-17-20)26-21-8-4-18(5-9-21)12-15-27-13-2-3-14-27/h4-11,16-17H,2-3,12-15H2,1H3,(H,24,25,26). The Balaban J connectivity index is 1.34. The second kappa shape index (κ2) is 8.85. The van der Waals surface area contributed by atoms with Crippen LogP contribution in [0.5, 0.6) is 5.75 Å². The van der Waals surface area contributed by atoms with Crippen molar-refractivity contribution in [3.05, 3.63) is 66.5 Å². The molecule has 1 N–H and O–H groups in total. The molecule has 5 heteroatoms. The van der Waals surface area contributed by atoms with Crippen LogP contribution in [-0.2, 0) is 6.42 Å². The van der Waals surface area contributed by atoms with Crippen LogP contribution in [0.3, 0.4) is 0 Å². The fraction of sp³-hybridized carbons (Fsp3) is 0.304. The zero-order valence-electron chi connectivity index (χ0n) is 16.3. The Morgan fingerprint density at radius 1 is 0.893 bits per heavy atom. The first kappa shape index (κ1) is 18.4. The zero-order valence-corrected chi connectivity index (χ0v) is 16.3. The van der Waals surface area contributed by atoms with E-state index in [1.807, 2.05) is 36.7 Å². The van der Waals surface area contributed by atoms with Crippen molar-refractivity contribution < 1.29 is 4.74 Å². The van der Waals surface area contributed by atoms with E-state index >= 15 is 0 Å². The van der Waals surface area contributed by atoms with Crippen LogP contribution in [0.25, 0.3) is 11.1 Å². The molecule has 0 aliphatic carbocycles. The van der Waals surface area contributed by atoms with E-state index in [1.54, 1.807) is 7.11 Å². The van der Waals surface area contributed by atoms with Crippen molar-refractivity contribution in [3.8, 4) is 16.9 Å². The topological polar surface area (TPSA) is 50.3 Å². The zero-order chi connectivity index (χ0) is 19.2. The van der Waals surface area contributed by atoms with Gasteiger partial charge in [-0.3, -0.25) is 0 Å². The van der Waals surface area contributed by atoms with Crippen LogP contribution in [-0.4, -0.2) is 41.6 Å². The summed E-state index contributed by atoms with van der Waals surface area (Å²) in [5.74, 6) is 1.44. The molecule has 0 spiro atoms. The lowest BCUT2D eigenvalue weighted by Gasteiger charge is -2.14. The maximum Gasteiger partial charge on any atom is 0.227 e. The summed E-state index contributed by atoms with van der Waals surface area (Å²) in [4.78, 5) is 11.4. The van der Waals surface area contributed by atoms with Gasteiger partial charge in [0.2, 0.25) is 5.95 Å². The lowest BCUT2D eigenvalue weighted by Crippen LogP contribution is -2.21. The number of hydrogen-bond acceptors (Lipinski definition) is 5. The van der Waals surface area contributed by atoms with Gasteiger partial charge in [-0.1, -0.05) is 24.3 Å². The SMILES string of the molecule is COc1ccc(-c2cnc(Nc3ccc(CCN4CCCC4)cc3)nc2)cc1. The quantitative estimate of drug-likeness (QED) is 0.658. The third-order valence-electron chi connectivity index (χ3n) is 5.20. The molecule has 0 atom stereocenters. The molecule has 0 amide bonds. The molecule has 1 saturated heterocycles. The number of benzene rings is 2. The highest BCUT2D eigenvalue weighted by Gasteiger charge is 2.10. The van der Waals surface area contributed by atoms with Crippen molar-refractivity contribution in [1.82, 2.24) is 14.9 Å². The highest BCUT2D eigenvalue weighted by Crippen LogP contribution is 2.22. The number of nitrogens with zero attached hydrogens (tertiary/aromatic N) is 3. The largest absolute Gasteiger partial charge is 0.497 e. The maximum absolute atomic E-state index is 5.20. The Morgan fingerprint density at radius 3 is 2.21 bits per heavy atom. The van der Waals surface area contributed by atoms with E-state index in [9.17, 15) is 0 Å². The second-order valence-corrected chi connectivity index (χ2v) is 7.14. The Morgan fingerprint density at radius 2 is 1.57 bits per heavy atom. The van der Waals surface area contributed by atoms with Gasteiger partial charge < -0.3 is 15.0 Å². The summed E-state index contributed by atoms with van der Waals surface area (Å²) in [5.41, 5.74) is 4.41. The van der Waals surface area contributed by atoms with E-state index in [2.05, 4.69) is 44.5 Å². The molecule has 2 aromatic carbocycles. The van der Waals surface area contributed by atoms with Crippen LogP contribution >= 0.6 is 0 Å². The molecule has 28 heavy (non-hydrogen) atoms. The third-order valence-corrected chi connectivity index (χ3v) is 5.20. The van der Waals surface area contributed by atoms with Crippen LogP contribution in [0.4, 0.5) is 11.6 Å². The highest BCUT2D eigenvalue weighted by molar-refractivity contribution is 5.63. The average Bonchev–Trinajstić information content (AvgIpc) is 3.28. The number of anilines is 2. The van der Waals surface area contributed by atoms with Crippen molar-refractivity contribution in [2.75, 3.05) is 32.1 Å². The minimum Gasteiger partial charge on any atom is -0.497 e. The molecule has 144 valence electrons. The van der Waals surface area contributed by atoms with E-state index < -0.39 is 0 Å². The minimum absolute atomic E-state index is 0.599. The summed E-state index contributed by atoms with van der Waals surface area (Å²) < 4.78 is 5.20. The molecule has 1 aliphatic rings. The van der Waals surface area contributed by atoms with Gasteiger partial charge in [0.05, 0.1) is 7.11 Å². The van der Waals surface area contributed by atoms with Crippen LogP contribution in [0.1, 0.15) is 18.4 Å². The first-order valence-electron chi connectivity index (χ1n) is 9.85. The first-order valence-corrected chi connectivity index (χ1v) is 9.85. The first-order chi connectivity index (χ1) is 13.8. The molecular weight excluding hydrogens is 348 g/mol. The van der Waals surface area contributed by atoms with Crippen molar-refractivity contribution in [1.29, 1.82) is 0 Å². The predicted molar refractivity (Wildman–Crippen MR) is 113 cm³/mol. The van der Waals surface area contributed by atoms with Crippen molar-refractivity contribution in [2.45, 2.75) is 19.3 Å². The molecule has 2 heterocycles. The van der Waals surface area contributed by atoms with Gasteiger partial charge in [-0.05, 0) is 67.7 Å². The van der Waals surface area contributed by atoms with Gasteiger partial charge >= 0.3 is 0 Å². The third kappa shape index (κ3) is 4.67. The Bertz CT molecular complexity index is 870. The summed E-state index contributed by atoms with van der Waals surface area (Å²) in [6, 6.07) is 16.4. The van der Waals surface area contributed by atoms with Gasteiger partial charge in [-0.2, -0.15) is 0 Å². The van der Waals surface area contributed by atoms with Gasteiger partial charge in [0.25, 0.3) is 0 Å². The van der Waals surface area contributed by atoms with Crippen LogP contribution in [0.2, 0.25) is 0 Å². The fourth-order valence-electron chi connectivity index (χ4n) is 3.50. The molecule has 0 radical (unpaired) electrons. The number of nitrogens with one attached hydrogen (secondary N) is 1. The highest BCUT2D eigenvalue weighted by atomic mass is 16.5. The lowest BCUT2D eigenvalue weighted by molar-refractivity contribution is 0.343. The summed E-state index contributed by atoms with van der Waals surface area (Å²) in [6.45, 7) is 3.66. The number of ether oxygens (including phenoxy) is 1. The normalized spacial score (nSPS) is 14.2. The average molecular weight is 374 g/mol. The molecule has 3 aromatic rings. The predicted octanol–water partition coefficient (Wildman–Crippen LogP) is 4.53. The van der Waals surface area contributed by atoms with Crippen LogP contribution in [0, 0.1) is 0 Å². The number of aromatic nitrogens is 2. The van der Waals surface area contributed by atoms with Crippen molar-refractivity contribution in [2.24, 2.45) is 0 Å². The van der Waals surface area contributed by atoms with Crippen molar-refractivity contribution >= 4 is 11.6 Å². The van der Waals surface area contributed by atoms with E-state index in [-0.39, 0.29) is 0 Å². The van der Waals surface area contributed by atoms with Gasteiger partial charge in [0.1, 0.15) is 5.75 Å². The van der Waals surface area contributed by atoms with Gasteiger partial charge in [-0.25, -0.2) is 9.97 Å². The number of rotatable bonds is 7. The number of methoxy groups -OCH3 is 1. The number of likely N-dealkylation sites (tertiary alicyclic amines) is 1. The molecule has 0 unspecified atom stereocenters. The van der Waals surface area contributed by atoms with E-state index in [1.165, 1.54) is 31.5 Å². The molecular formula is C23H26N4O. The smallest absolute Gasteiger partial charge is 0.227 e. The van der Waals surface area contributed by atoms with E-state index in [4.69, 9.17) is 4.74 Å². The van der Waals surface area contributed by atoms with Crippen LogP contribution in [0.15, 0.2) is 60.9 Å². The molecule has 0 bridgehead atoms. The van der Waals surface area contributed by atoms with E-state index in [0.717, 1.165) is 35.5 Å². The monoisotopic (exact) mass is 374 g/mol. The minimum atomic E-state index is 0.599. The summed E-state index contributed by atoms with van der Waals surface area (Å²) >= 11 is 0. The number of hydrogen-bond donors (Lipinski definition) is 1. The van der Waals surface area contributed by atoms with Gasteiger partial charge in [0, 0.05) is 30.2 Å². The summed E-state index contributed by atoms with van der Waals surface area (Å²) in [5, 5.41) is 3.27. The van der Waals surface area contributed by atoms with Crippen molar-refractivity contribution in [3.63, 3.8) is 0 Å². The fourth-order valence-corrected chi connectivity index (χ4v) is 3.50. The second-order valence-electron chi connectivity index (χ2n) is 7.14. The maximum atomic E-state index is 5.20. The van der Waals surface area contributed by atoms with Gasteiger partial charge in [0.15, 0.2) is 0 Å². The molecule has 0 saturated carbocycles. The van der Waals surface area contributed by atoms with Crippen LogP contribution < -0.4 is 10.1 Å².